The molecule has 0 aliphatic heterocycles. The Balaban J connectivity index is 1.92. The molecule has 0 unspecified atom stereocenters. The number of likely N-dealkylation sites (N-methyl/N-ethyl adjacent to an activating group) is 1. The summed E-state index contributed by atoms with van der Waals surface area (Å²) in [6.45, 7) is 4.42. The van der Waals surface area contributed by atoms with Crippen molar-refractivity contribution >= 4 is 11.8 Å². The summed E-state index contributed by atoms with van der Waals surface area (Å²) in [5.74, 6) is 2.01. The van der Waals surface area contributed by atoms with E-state index in [2.05, 4.69) is 31.0 Å². The fourth-order valence-electron chi connectivity index (χ4n) is 2.17. The third-order valence-corrected chi connectivity index (χ3v) is 4.45. The fraction of sp³-hybridized carbons (Fsp3) is 0.600. The number of ether oxygens (including phenoxy) is 1. The zero-order chi connectivity index (χ0) is 13.7. The van der Waals surface area contributed by atoms with Crippen LogP contribution in [-0.4, -0.2) is 36.9 Å². The van der Waals surface area contributed by atoms with Gasteiger partial charge >= 0.3 is 0 Å². The second-order valence-corrected chi connectivity index (χ2v) is 6.24. The van der Waals surface area contributed by atoms with Gasteiger partial charge in [0.15, 0.2) is 0 Å². The predicted molar refractivity (Wildman–Crippen MR) is 81.9 cm³/mol. The average molecular weight is 280 g/mol. The molecule has 0 saturated heterocycles. The van der Waals surface area contributed by atoms with Crippen molar-refractivity contribution < 1.29 is 4.74 Å². The third-order valence-electron chi connectivity index (χ3n) is 3.47. The SMILES string of the molecule is CCSc1cccc(OCCN(C)C2CC2)c1CN. The van der Waals surface area contributed by atoms with Crippen LogP contribution < -0.4 is 10.5 Å². The standard InChI is InChI=1S/C15H24N2OS/c1-3-19-15-6-4-5-14(13(15)11-16)18-10-9-17(2)12-7-8-12/h4-6,12H,3,7-11,16H2,1-2H3. The molecule has 106 valence electrons. The zero-order valence-corrected chi connectivity index (χ0v) is 12.7. The Bertz CT molecular complexity index is 407. The first-order valence-electron chi connectivity index (χ1n) is 7.04. The molecule has 0 bridgehead atoms. The average Bonchev–Trinajstić information content (AvgIpc) is 3.23. The lowest BCUT2D eigenvalue weighted by molar-refractivity contribution is 0.230. The minimum absolute atomic E-state index is 0.539. The maximum atomic E-state index is 5.93. The fourth-order valence-corrected chi connectivity index (χ4v) is 3.01. The molecular weight excluding hydrogens is 256 g/mol. The van der Waals surface area contributed by atoms with E-state index in [0.717, 1.165) is 36.3 Å². The Labute approximate surface area is 120 Å². The van der Waals surface area contributed by atoms with E-state index in [1.807, 2.05) is 17.8 Å². The minimum atomic E-state index is 0.539. The molecule has 2 N–H and O–H groups in total. The Morgan fingerprint density at radius 2 is 2.21 bits per heavy atom. The summed E-state index contributed by atoms with van der Waals surface area (Å²) in [4.78, 5) is 3.63. The van der Waals surface area contributed by atoms with E-state index in [4.69, 9.17) is 10.5 Å². The summed E-state index contributed by atoms with van der Waals surface area (Å²) in [6.07, 6.45) is 2.68. The monoisotopic (exact) mass is 280 g/mol. The van der Waals surface area contributed by atoms with E-state index in [9.17, 15) is 0 Å². The van der Waals surface area contributed by atoms with Gasteiger partial charge in [-0.25, -0.2) is 0 Å². The second-order valence-electron chi connectivity index (χ2n) is 4.93. The van der Waals surface area contributed by atoms with E-state index in [0.29, 0.717) is 6.54 Å². The smallest absolute Gasteiger partial charge is 0.124 e. The van der Waals surface area contributed by atoms with Crippen molar-refractivity contribution in [1.29, 1.82) is 0 Å². The van der Waals surface area contributed by atoms with Crippen LogP contribution in [0.2, 0.25) is 0 Å². The van der Waals surface area contributed by atoms with E-state index in [1.54, 1.807) is 0 Å². The van der Waals surface area contributed by atoms with Gasteiger partial charge in [0.1, 0.15) is 12.4 Å². The van der Waals surface area contributed by atoms with Gasteiger partial charge in [0.05, 0.1) is 0 Å². The Hall–Kier alpha value is -0.710. The molecule has 3 nitrogen and oxygen atoms in total. The quantitative estimate of drug-likeness (QED) is 0.743. The van der Waals surface area contributed by atoms with E-state index in [1.165, 1.54) is 17.7 Å². The van der Waals surface area contributed by atoms with Crippen molar-refractivity contribution in [2.45, 2.75) is 37.2 Å². The van der Waals surface area contributed by atoms with Crippen LogP contribution >= 0.6 is 11.8 Å². The number of hydrogen-bond donors (Lipinski definition) is 1. The molecule has 1 aliphatic carbocycles. The van der Waals surface area contributed by atoms with Gasteiger partial charge in [-0.3, -0.25) is 0 Å². The first-order valence-corrected chi connectivity index (χ1v) is 8.02. The van der Waals surface area contributed by atoms with Crippen LogP contribution in [0.4, 0.5) is 0 Å². The zero-order valence-electron chi connectivity index (χ0n) is 11.9. The summed E-state index contributed by atoms with van der Waals surface area (Å²) < 4.78 is 5.93. The topological polar surface area (TPSA) is 38.5 Å². The van der Waals surface area contributed by atoms with E-state index in [-0.39, 0.29) is 0 Å². The summed E-state index contributed by atoms with van der Waals surface area (Å²) >= 11 is 1.82. The highest BCUT2D eigenvalue weighted by Crippen LogP contribution is 2.30. The van der Waals surface area contributed by atoms with Crippen molar-refractivity contribution in [3.63, 3.8) is 0 Å². The normalized spacial score (nSPS) is 14.9. The number of nitrogens with zero attached hydrogens (tertiary/aromatic N) is 1. The highest BCUT2D eigenvalue weighted by atomic mass is 32.2. The van der Waals surface area contributed by atoms with Gasteiger partial charge in [-0.2, -0.15) is 0 Å². The first-order chi connectivity index (χ1) is 9.26. The first kappa shape index (κ1) is 14.7. The van der Waals surface area contributed by atoms with Crippen LogP contribution in [0.1, 0.15) is 25.3 Å². The summed E-state index contributed by atoms with van der Waals surface area (Å²) in [5, 5.41) is 0. The lowest BCUT2D eigenvalue weighted by atomic mass is 10.2. The molecule has 0 atom stereocenters. The van der Waals surface area contributed by atoms with Gasteiger partial charge in [-0.05, 0) is 37.8 Å². The van der Waals surface area contributed by atoms with Crippen LogP contribution in [0.3, 0.4) is 0 Å². The van der Waals surface area contributed by atoms with Crippen molar-refractivity contribution in [2.24, 2.45) is 5.73 Å². The van der Waals surface area contributed by atoms with Gasteiger partial charge in [0.25, 0.3) is 0 Å². The largest absolute Gasteiger partial charge is 0.492 e. The van der Waals surface area contributed by atoms with Gasteiger partial charge < -0.3 is 15.4 Å². The number of thioether (sulfide) groups is 1. The maximum absolute atomic E-state index is 5.93. The van der Waals surface area contributed by atoms with Gasteiger partial charge in [-0.1, -0.05) is 13.0 Å². The molecule has 0 heterocycles. The molecule has 0 amide bonds. The van der Waals surface area contributed by atoms with Crippen molar-refractivity contribution in [3.8, 4) is 5.75 Å². The molecule has 2 rings (SSSR count). The maximum Gasteiger partial charge on any atom is 0.124 e. The van der Waals surface area contributed by atoms with Crippen molar-refractivity contribution in [3.05, 3.63) is 23.8 Å². The third kappa shape index (κ3) is 4.13. The molecule has 19 heavy (non-hydrogen) atoms. The second kappa shape index (κ2) is 7.17. The van der Waals surface area contributed by atoms with Crippen LogP contribution in [0.25, 0.3) is 0 Å². The Kier molecular flexibility index (Phi) is 5.55. The highest BCUT2D eigenvalue weighted by molar-refractivity contribution is 7.99. The summed E-state index contributed by atoms with van der Waals surface area (Å²) in [5.41, 5.74) is 7.01. The van der Waals surface area contributed by atoms with Crippen molar-refractivity contribution in [2.75, 3.05) is 26.0 Å². The molecule has 1 saturated carbocycles. The number of nitrogens with two attached hydrogens (primary N) is 1. The molecule has 1 aromatic carbocycles. The lowest BCUT2D eigenvalue weighted by Gasteiger charge is -2.18. The van der Waals surface area contributed by atoms with Crippen molar-refractivity contribution in [1.82, 2.24) is 4.90 Å². The predicted octanol–water partition coefficient (Wildman–Crippen LogP) is 2.73. The molecule has 1 aliphatic rings. The minimum Gasteiger partial charge on any atom is -0.492 e. The molecule has 4 heteroatoms. The number of benzene rings is 1. The van der Waals surface area contributed by atoms with Crippen LogP contribution in [0.5, 0.6) is 5.75 Å². The molecule has 0 radical (unpaired) electrons. The lowest BCUT2D eigenvalue weighted by Crippen LogP contribution is -2.26. The van der Waals surface area contributed by atoms with Crippen LogP contribution in [0, 0.1) is 0 Å². The van der Waals surface area contributed by atoms with Gasteiger partial charge in [-0.15, -0.1) is 11.8 Å². The number of hydrogen-bond acceptors (Lipinski definition) is 4. The molecule has 1 aromatic rings. The Morgan fingerprint density at radius 3 is 2.84 bits per heavy atom. The molecule has 1 fully saturated rings. The van der Waals surface area contributed by atoms with Gasteiger partial charge in [0, 0.05) is 29.6 Å². The number of rotatable bonds is 8. The van der Waals surface area contributed by atoms with Crippen LogP contribution in [-0.2, 0) is 6.54 Å². The molecule has 0 aromatic heterocycles. The van der Waals surface area contributed by atoms with Gasteiger partial charge in [0.2, 0.25) is 0 Å². The summed E-state index contributed by atoms with van der Waals surface area (Å²) in [7, 11) is 2.17. The molecular formula is C15H24N2OS. The van der Waals surface area contributed by atoms with E-state index >= 15 is 0 Å². The van der Waals surface area contributed by atoms with Crippen LogP contribution in [0.15, 0.2) is 23.1 Å². The highest BCUT2D eigenvalue weighted by Gasteiger charge is 2.25. The Morgan fingerprint density at radius 1 is 1.42 bits per heavy atom. The summed E-state index contributed by atoms with van der Waals surface area (Å²) in [6, 6.07) is 7.00. The molecule has 0 spiro atoms. The van der Waals surface area contributed by atoms with E-state index < -0.39 is 0 Å².